The molecular weight excluding hydrogens is 354 g/mol. The van der Waals surface area contributed by atoms with Crippen LogP contribution in [0.5, 0.6) is 0 Å². The molecule has 1 N–H and O–H groups in total. The Kier molecular flexibility index (Phi) is 5.56. The van der Waals surface area contributed by atoms with E-state index in [-0.39, 0.29) is 5.91 Å². The summed E-state index contributed by atoms with van der Waals surface area (Å²) >= 11 is 7.71. The number of rotatable bonds is 6. The van der Waals surface area contributed by atoms with Gasteiger partial charge in [0.25, 0.3) is 5.91 Å². The van der Waals surface area contributed by atoms with E-state index in [1.807, 2.05) is 35.7 Å². The monoisotopic (exact) mass is 373 g/mol. The smallest absolute Gasteiger partial charge is 0.270 e. The molecule has 0 unspecified atom stereocenters. The number of hydrogen-bond acceptors (Lipinski definition) is 3. The zero-order valence-electron chi connectivity index (χ0n) is 14.2. The van der Waals surface area contributed by atoms with Crippen LogP contribution in [0.3, 0.4) is 0 Å². The quantitative estimate of drug-likeness (QED) is 0.658. The number of halogens is 1. The summed E-state index contributed by atoms with van der Waals surface area (Å²) < 4.78 is 1.66. The SMILES string of the molecule is CC(C)CCNC(=O)c1cc(-c2cccs2)nn1-c1cccc(Cl)c1. The lowest BCUT2D eigenvalue weighted by Gasteiger charge is -2.09. The van der Waals surface area contributed by atoms with Crippen molar-refractivity contribution in [1.29, 1.82) is 0 Å². The van der Waals surface area contributed by atoms with Crippen molar-refractivity contribution < 1.29 is 4.79 Å². The fourth-order valence-corrected chi connectivity index (χ4v) is 3.32. The van der Waals surface area contributed by atoms with E-state index in [2.05, 4.69) is 24.3 Å². The number of carbonyl (C=O) groups is 1. The highest BCUT2D eigenvalue weighted by molar-refractivity contribution is 7.13. The van der Waals surface area contributed by atoms with Crippen LogP contribution in [0.15, 0.2) is 47.8 Å². The lowest BCUT2D eigenvalue weighted by atomic mass is 10.1. The van der Waals surface area contributed by atoms with Crippen molar-refractivity contribution in [2.75, 3.05) is 6.54 Å². The molecule has 4 nitrogen and oxygen atoms in total. The third-order valence-corrected chi connectivity index (χ3v) is 4.90. The van der Waals surface area contributed by atoms with Crippen LogP contribution >= 0.6 is 22.9 Å². The lowest BCUT2D eigenvalue weighted by molar-refractivity contribution is 0.0944. The summed E-state index contributed by atoms with van der Waals surface area (Å²) in [6.07, 6.45) is 0.939. The van der Waals surface area contributed by atoms with Crippen LogP contribution < -0.4 is 5.32 Å². The van der Waals surface area contributed by atoms with Crippen LogP contribution in [0.2, 0.25) is 5.02 Å². The van der Waals surface area contributed by atoms with Crippen LogP contribution in [-0.4, -0.2) is 22.2 Å². The molecule has 0 aliphatic heterocycles. The maximum atomic E-state index is 12.7. The first kappa shape index (κ1) is 17.7. The van der Waals surface area contributed by atoms with Gasteiger partial charge in [-0.15, -0.1) is 11.3 Å². The molecule has 1 amide bonds. The maximum Gasteiger partial charge on any atom is 0.270 e. The number of thiophene rings is 1. The number of nitrogens with one attached hydrogen (secondary N) is 1. The van der Waals surface area contributed by atoms with Crippen molar-refractivity contribution in [2.45, 2.75) is 20.3 Å². The molecule has 0 atom stereocenters. The molecular formula is C19H20ClN3OS. The van der Waals surface area contributed by atoms with Crippen LogP contribution in [-0.2, 0) is 0 Å². The summed E-state index contributed by atoms with van der Waals surface area (Å²) in [6, 6.07) is 13.1. The molecule has 2 heterocycles. The van der Waals surface area contributed by atoms with Crippen LogP contribution in [0.25, 0.3) is 16.3 Å². The minimum Gasteiger partial charge on any atom is -0.351 e. The van der Waals surface area contributed by atoms with Gasteiger partial charge >= 0.3 is 0 Å². The van der Waals surface area contributed by atoms with Gasteiger partial charge in [0, 0.05) is 11.6 Å². The van der Waals surface area contributed by atoms with E-state index in [1.54, 1.807) is 28.2 Å². The molecule has 25 heavy (non-hydrogen) atoms. The summed E-state index contributed by atoms with van der Waals surface area (Å²) in [5.74, 6) is 0.413. The number of aromatic nitrogens is 2. The molecule has 0 fully saturated rings. The zero-order chi connectivity index (χ0) is 17.8. The van der Waals surface area contributed by atoms with Gasteiger partial charge in [0.05, 0.1) is 10.6 Å². The lowest BCUT2D eigenvalue weighted by Crippen LogP contribution is -2.27. The predicted octanol–water partition coefficient (Wildman–Crippen LogP) is 5.03. The van der Waals surface area contributed by atoms with Crippen molar-refractivity contribution in [3.63, 3.8) is 0 Å². The first-order chi connectivity index (χ1) is 12.0. The van der Waals surface area contributed by atoms with E-state index < -0.39 is 0 Å². The number of nitrogens with zero attached hydrogens (tertiary/aromatic N) is 2. The van der Waals surface area contributed by atoms with Gasteiger partial charge in [0.1, 0.15) is 11.4 Å². The fourth-order valence-electron chi connectivity index (χ4n) is 2.46. The van der Waals surface area contributed by atoms with Crippen molar-refractivity contribution in [3.05, 3.63) is 58.6 Å². The Morgan fingerprint density at radius 1 is 1.28 bits per heavy atom. The van der Waals surface area contributed by atoms with Gasteiger partial charge in [0.2, 0.25) is 0 Å². The van der Waals surface area contributed by atoms with E-state index in [0.717, 1.165) is 22.7 Å². The minimum absolute atomic E-state index is 0.129. The zero-order valence-corrected chi connectivity index (χ0v) is 15.8. The van der Waals surface area contributed by atoms with Crippen molar-refractivity contribution in [1.82, 2.24) is 15.1 Å². The minimum atomic E-state index is -0.129. The van der Waals surface area contributed by atoms with Gasteiger partial charge in [-0.3, -0.25) is 4.79 Å². The Labute approximate surface area is 156 Å². The normalized spacial score (nSPS) is 11.0. The fraction of sp³-hybridized carbons (Fsp3) is 0.263. The molecule has 130 valence electrons. The third-order valence-electron chi connectivity index (χ3n) is 3.78. The molecule has 0 aliphatic rings. The summed E-state index contributed by atoms with van der Waals surface area (Å²) in [5, 5.41) is 10.2. The number of benzene rings is 1. The average molecular weight is 374 g/mol. The second-order valence-corrected chi connectivity index (χ2v) is 7.61. The van der Waals surface area contributed by atoms with Gasteiger partial charge in [-0.2, -0.15) is 5.10 Å². The molecule has 0 aliphatic carbocycles. The Morgan fingerprint density at radius 2 is 2.12 bits per heavy atom. The van der Waals surface area contributed by atoms with Crippen molar-refractivity contribution in [3.8, 4) is 16.3 Å². The Morgan fingerprint density at radius 3 is 2.80 bits per heavy atom. The first-order valence-corrected chi connectivity index (χ1v) is 9.48. The molecule has 2 aromatic heterocycles. The first-order valence-electron chi connectivity index (χ1n) is 8.22. The van der Waals surface area contributed by atoms with Gasteiger partial charge in [-0.25, -0.2) is 4.68 Å². The summed E-state index contributed by atoms with van der Waals surface area (Å²) in [4.78, 5) is 13.7. The summed E-state index contributed by atoms with van der Waals surface area (Å²) in [6.45, 7) is 4.92. The van der Waals surface area contributed by atoms with Crippen LogP contribution in [0.4, 0.5) is 0 Å². The Hall–Kier alpha value is -2.11. The highest BCUT2D eigenvalue weighted by Crippen LogP contribution is 2.26. The van der Waals surface area contributed by atoms with Crippen LogP contribution in [0.1, 0.15) is 30.8 Å². The Balaban J connectivity index is 1.96. The van der Waals surface area contributed by atoms with Gasteiger partial charge in [0.15, 0.2) is 0 Å². The van der Waals surface area contributed by atoms with E-state index in [9.17, 15) is 4.79 Å². The number of amides is 1. The number of hydrogen-bond donors (Lipinski definition) is 1. The van der Waals surface area contributed by atoms with Crippen molar-refractivity contribution >= 4 is 28.8 Å². The maximum absolute atomic E-state index is 12.7. The molecule has 6 heteroatoms. The van der Waals surface area contributed by atoms with Gasteiger partial charge < -0.3 is 5.32 Å². The summed E-state index contributed by atoms with van der Waals surface area (Å²) in [7, 11) is 0. The standard InChI is InChI=1S/C19H20ClN3OS/c1-13(2)8-9-21-19(24)17-12-16(18-7-4-10-25-18)22-23(17)15-6-3-5-14(20)11-15/h3-7,10-13H,8-9H2,1-2H3,(H,21,24). The van der Waals surface area contributed by atoms with Crippen molar-refractivity contribution in [2.24, 2.45) is 5.92 Å². The van der Waals surface area contributed by atoms with Gasteiger partial charge in [-0.1, -0.05) is 37.6 Å². The predicted molar refractivity (Wildman–Crippen MR) is 104 cm³/mol. The molecule has 0 spiro atoms. The molecule has 0 saturated carbocycles. The van der Waals surface area contributed by atoms with Crippen LogP contribution in [0, 0.1) is 5.92 Å². The van der Waals surface area contributed by atoms with E-state index in [0.29, 0.717) is 23.2 Å². The highest BCUT2D eigenvalue weighted by Gasteiger charge is 2.18. The molecule has 0 radical (unpaired) electrons. The second kappa shape index (κ2) is 7.85. The highest BCUT2D eigenvalue weighted by atomic mass is 35.5. The second-order valence-electron chi connectivity index (χ2n) is 6.22. The van der Waals surface area contributed by atoms with E-state index in [1.165, 1.54) is 0 Å². The largest absolute Gasteiger partial charge is 0.351 e. The van der Waals surface area contributed by atoms with E-state index >= 15 is 0 Å². The average Bonchev–Trinajstić information content (AvgIpc) is 3.24. The topological polar surface area (TPSA) is 46.9 Å². The molecule has 3 aromatic rings. The third kappa shape index (κ3) is 4.30. The van der Waals surface area contributed by atoms with E-state index in [4.69, 9.17) is 11.6 Å². The molecule has 1 aromatic carbocycles. The number of carbonyl (C=O) groups excluding carboxylic acids is 1. The van der Waals surface area contributed by atoms with Gasteiger partial charge in [-0.05, 0) is 48.1 Å². The molecule has 0 saturated heterocycles. The Bertz CT molecular complexity index is 855. The summed E-state index contributed by atoms with van der Waals surface area (Å²) in [5.41, 5.74) is 2.06. The molecule has 0 bridgehead atoms. The molecule has 3 rings (SSSR count).